The predicted octanol–water partition coefficient (Wildman–Crippen LogP) is -3.47. The maximum absolute atomic E-state index is 11.7. The van der Waals surface area contributed by atoms with Gasteiger partial charge in [-0.05, 0) is 22.0 Å². The third kappa shape index (κ3) is 3.26. The monoisotopic (exact) mass is 468 g/mol. The molecule has 9 heteroatoms. The van der Waals surface area contributed by atoms with Crippen molar-refractivity contribution in [2.45, 2.75) is 29.1 Å². The molecule has 1 saturated heterocycles. The average molecular weight is 469 g/mol. The number of hydrogen-bond donors (Lipinski definition) is 2. The van der Waals surface area contributed by atoms with Crippen LogP contribution >= 0.6 is 27.8 Å². The molecule has 6 nitrogen and oxygen atoms in total. The van der Waals surface area contributed by atoms with E-state index >= 15 is 0 Å². The number of halogens is 3. The number of ether oxygens (including phenoxy) is 2. The van der Waals surface area contributed by atoms with Crippen molar-refractivity contribution in [2.75, 3.05) is 6.61 Å². The lowest BCUT2D eigenvalue weighted by Crippen LogP contribution is -3.57. The second-order valence-corrected chi connectivity index (χ2v) is 7.84. The van der Waals surface area contributed by atoms with E-state index in [0.717, 1.165) is 0 Å². The van der Waals surface area contributed by atoms with Crippen molar-refractivity contribution >= 4 is 27.8 Å². The molecule has 108 valence electrons. The molecule has 2 rings (SSSR count). The molecule has 2 aliphatic heterocycles. The standard InChI is InChI=1S/C10H11BrClIO6/c11-10(4-14)8(19-12)7(6(15)9(16)18-10)17-5-2-1-3-13-5/h1-3,6-9,14-15H,4H2/t6-,7-,8-,9-,10-/m1/s1. The minimum Gasteiger partial charge on any atom is -0.829 e. The van der Waals surface area contributed by atoms with E-state index in [1.54, 1.807) is 6.08 Å². The topological polar surface area (TPSA) is 91.2 Å². The van der Waals surface area contributed by atoms with Gasteiger partial charge in [0.2, 0.25) is 0 Å². The summed E-state index contributed by atoms with van der Waals surface area (Å²) >= 11 is 8.06. The number of allylic oxidation sites excluding steroid dienone is 2. The van der Waals surface area contributed by atoms with Crippen LogP contribution in [0.1, 0.15) is 0 Å². The summed E-state index contributed by atoms with van der Waals surface area (Å²) in [5.74, 6) is 0. The van der Waals surface area contributed by atoms with E-state index in [2.05, 4.69) is 15.9 Å². The van der Waals surface area contributed by atoms with Crippen LogP contribution in [0.2, 0.25) is 0 Å². The quantitative estimate of drug-likeness (QED) is 0.329. The molecule has 0 spiro atoms. The van der Waals surface area contributed by atoms with E-state index in [0.29, 0.717) is 3.77 Å². The summed E-state index contributed by atoms with van der Waals surface area (Å²) < 4.78 is 16.5. The number of rotatable bonds is 4. The Bertz CT molecular complexity index is 394. The Morgan fingerprint density at radius 2 is 2.37 bits per heavy atom. The summed E-state index contributed by atoms with van der Waals surface area (Å²) in [5.41, 5.74) is 0. The van der Waals surface area contributed by atoms with Gasteiger partial charge in [-0.2, -0.15) is 0 Å². The molecule has 0 unspecified atom stereocenters. The van der Waals surface area contributed by atoms with Crippen LogP contribution in [0.4, 0.5) is 0 Å². The lowest BCUT2D eigenvalue weighted by Gasteiger charge is -2.49. The summed E-state index contributed by atoms with van der Waals surface area (Å²) in [6, 6.07) is 0. The molecule has 0 aromatic rings. The highest BCUT2D eigenvalue weighted by Crippen LogP contribution is 2.37. The number of hydrogen-bond acceptors (Lipinski definition) is 6. The Hall–Kier alpha value is 0.580. The SMILES string of the molecule is [O-][C@@H]1O[C@](Br)(CO)[C@H](OCl)[C@H](OC2=CC=C[I+]2)[C@H]1O. The smallest absolute Gasteiger partial charge is 0.391 e. The van der Waals surface area contributed by atoms with Crippen LogP contribution in [0.15, 0.2) is 20.0 Å². The summed E-state index contributed by atoms with van der Waals surface area (Å²) in [7, 11) is 0. The van der Waals surface area contributed by atoms with Crippen molar-refractivity contribution in [1.29, 1.82) is 0 Å². The normalized spacial score (nSPS) is 42.3. The molecule has 0 saturated carbocycles. The molecular formula is C10H11BrClIO6. The van der Waals surface area contributed by atoms with Crippen LogP contribution in [0.5, 0.6) is 0 Å². The summed E-state index contributed by atoms with van der Waals surface area (Å²) in [5, 5.41) is 30.9. The van der Waals surface area contributed by atoms with Gasteiger partial charge in [0.15, 0.2) is 20.8 Å². The van der Waals surface area contributed by atoms with Crippen LogP contribution in [-0.2, 0) is 13.8 Å². The molecule has 2 N–H and O–H groups in total. The van der Waals surface area contributed by atoms with Crippen LogP contribution in [0, 0.1) is 0 Å². The van der Waals surface area contributed by atoms with E-state index in [4.69, 9.17) is 25.6 Å². The maximum Gasteiger partial charge on any atom is 0.391 e. The van der Waals surface area contributed by atoms with Crippen molar-refractivity contribution in [2.24, 2.45) is 0 Å². The Kier molecular flexibility index (Phi) is 5.51. The third-order valence-electron chi connectivity index (χ3n) is 2.68. The molecule has 0 aliphatic carbocycles. The molecule has 5 atom stereocenters. The molecule has 0 radical (unpaired) electrons. The lowest BCUT2D eigenvalue weighted by molar-refractivity contribution is -0.574. The molecule has 2 heterocycles. The molecule has 19 heavy (non-hydrogen) atoms. The van der Waals surface area contributed by atoms with Crippen molar-refractivity contribution in [3.05, 3.63) is 20.0 Å². The van der Waals surface area contributed by atoms with Crippen LogP contribution in [-0.4, -0.2) is 45.9 Å². The zero-order chi connectivity index (χ0) is 14.0. The Labute approximate surface area is 133 Å². The van der Waals surface area contributed by atoms with Gasteiger partial charge in [0.1, 0.15) is 6.10 Å². The van der Waals surface area contributed by atoms with Crippen molar-refractivity contribution < 1.29 is 50.3 Å². The summed E-state index contributed by atoms with van der Waals surface area (Å²) in [6.07, 6.45) is -1.68. The summed E-state index contributed by atoms with van der Waals surface area (Å²) in [4.78, 5) is 0. The van der Waals surface area contributed by atoms with Gasteiger partial charge in [-0.3, -0.25) is 4.29 Å². The Morgan fingerprint density at radius 3 is 2.89 bits per heavy atom. The van der Waals surface area contributed by atoms with E-state index in [1.165, 1.54) is 0 Å². The molecule has 0 aromatic heterocycles. The van der Waals surface area contributed by atoms with Gasteiger partial charge in [0, 0.05) is 12.4 Å². The lowest BCUT2D eigenvalue weighted by atomic mass is 9.99. The van der Waals surface area contributed by atoms with Crippen LogP contribution < -0.4 is 26.3 Å². The number of aliphatic hydroxyl groups is 2. The second-order valence-electron chi connectivity index (χ2n) is 3.91. The van der Waals surface area contributed by atoms with E-state index in [9.17, 15) is 15.3 Å². The Balaban J connectivity index is 2.19. The maximum atomic E-state index is 11.7. The fourth-order valence-electron chi connectivity index (χ4n) is 1.73. The van der Waals surface area contributed by atoms with Gasteiger partial charge in [0.25, 0.3) is 0 Å². The van der Waals surface area contributed by atoms with Crippen molar-refractivity contribution in [3.63, 3.8) is 0 Å². The second kappa shape index (κ2) is 6.56. The highest BCUT2D eigenvalue weighted by molar-refractivity contribution is 9.10. The van der Waals surface area contributed by atoms with Crippen LogP contribution in [0.3, 0.4) is 0 Å². The fraction of sp³-hybridized carbons (Fsp3) is 0.600. The van der Waals surface area contributed by atoms with E-state index < -0.39 is 56.9 Å². The number of alkyl halides is 1. The highest BCUT2D eigenvalue weighted by Gasteiger charge is 2.53. The molecule has 2 aliphatic rings. The molecule has 0 amide bonds. The van der Waals surface area contributed by atoms with Gasteiger partial charge in [0.05, 0.1) is 18.5 Å². The minimum absolute atomic E-state index is 0.417. The molecule has 0 aromatic carbocycles. The van der Waals surface area contributed by atoms with Gasteiger partial charge in [-0.1, -0.05) is 0 Å². The van der Waals surface area contributed by atoms with Gasteiger partial charge < -0.3 is 24.8 Å². The van der Waals surface area contributed by atoms with Gasteiger partial charge in [-0.25, -0.2) is 0 Å². The fourth-order valence-corrected chi connectivity index (χ4v) is 4.24. The largest absolute Gasteiger partial charge is 0.829 e. The average Bonchev–Trinajstić information content (AvgIpc) is 2.89. The molecular weight excluding hydrogens is 458 g/mol. The van der Waals surface area contributed by atoms with Crippen molar-refractivity contribution in [1.82, 2.24) is 0 Å². The highest BCUT2D eigenvalue weighted by atomic mass is 127. The number of aliphatic hydroxyl groups excluding tert-OH is 2. The first-order valence-corrected chi connectivity index (χ1v) is 8.70. The third-order valence-corrected chi connectivity index (χ3v) is 5.76. The first-order valence-electron chi connectivity index (χ1n) is 5.27. The van der Waals surface area contributed by atoms with E-state index in [1.807, 2.05) is 10.2 Å². The molecule has 0 bridgehead atoms. The minimum atomic E-state index is -1.77. The van der Waals surface area contributed by atoms with E-state index in [-0.39, 0.29) is 0 Å². The first-order chi connectivity index (χ1) is 9.01. The van der Waals surface area contributed by atoms with Gasteiger partial charge in [-0.15, -0.1) is 0 Å². The first kappa shape index (κ1) is 16.0. The Morgan fingerprint density at radius 1 is 1.63 bits per heavy atom. The molecule has 1 fully saturated rings. The predicted molar refractivity (Wildman–Crippen MR) is 62.4 cm³/mol. The van der Waals surface area contributed by atoms with Crippen molar-refractivity contribution in [3.8, 4) is 0 Å². The van der Waals surface area contributed by atoms with Gasteiger partial charge >= 0.3 is 25.0 Å². The zero-order valence-electron chi connectivity index (χ0n) is 9.41. The zero-order valence-corrected chi connectivity index (χ0v) is 13.9. The van der Waals surface area contributed by atoms with Crippen LogP contribution in [0.25, 0.3) is 0 Å². The summed E-state index contributed by atoms with van der Waals surface area (Å²) in [6.45, 7) is -0.554.